The van der Waals surface area contributed by atoms with Gasteiger partial charge < -0.3 is 9.84 Å². The van der Waals surface area contributed by atoms with Gasteiger partial charge in [-0.05, 0) is 29.0 Å². The maximum Gasteiger partial charge on any atom is 0.252 e. The number of hydrogen-bond donors (Lipinski definition) is 1. The molecule has 1 spiro atoms. The van der Waals surface area contributed by atoms with Crippen molar-refractivity contribution in [1.82, 2.24) is 14.7 Å². The number of β-amino-alcohol motifs (C(OH)–C–C–N with tert-alkyl or cyclic N) is 1. The highest BCUT2D eigenvalue weighted by atomic mass is 16.5. The second-order valence-corrected chi connectivity index (χ2v) is 9.92. The first-order valence-electron chi connectivity index (χ1n) is 12.1. The Bertz CT molecular complexity index is 1290. The van der Waals surface area contributed by atoms with E-state index in [-0.39, 0.29) is 18.4 Å². The van der Waals surface area contributed by atoms with Gasteiger partial charge in [-0.15, -0.1) is 0 Å². The van der Waals surface area contributed by atoms with Crippen molar-refractivity contribution in [3.8, 4) is 5.75 Å². The predicted octanol–water partition coefficient (Wildman–Crippen LogP) is 2.41. The number of aliphatic hydroxyl groups is 1. The van der Waals surface area contributed by atoms with Crippen LogP contribution in [0.3, 0.4) is 0 Å². The smallest absolute Gasteiger partial charge is 0.252 e. The molecule has 1 N–H and O–H groups in total. The zero-order chi connectivity index (χ0) is 24.2. The molecule has 2 amide bonds. The SMILES string of the molecule is COc1ccc(CN2CC3(C2)C(=O)N(Cc2ccccc2)C(=O)[C@@H]2C[C@@H](O)CN23)c2ccccc12. The fourth-order valence-corrected chi connectivity index (χ4v) is 6.10. The minimum Gasteiger partial charge on any atom is -0.496 e. The average Bonchev–Trinajstić information content (AvgIpc) is 3.25. The molecular weight excluding hydrogens is 442 g/mol. The summed E-state index contributed by atoms with van der Waals surface area (Å²) in [7, 11) is 1.68. The van der Waals surface area contributed by atoms with Crippen LogP contribution in [0, 0.1) is 0 Å². The highest BCUT2D eigenvalue weighted by molar-refractivity contribution is 6.06. The highest BCUT2D eigenvalue weighted by Crippen LogP contribution is 2.42. The number of amides is 2. The van der Waals surface area contributed by atoms with E-state index in [1.165, 1.54) is 10.5 Å². The summed E-state index contributed by atoms with van der Waals surface area (Å²) in [4.78, 5) is 32.8. The average molecular weight is 472 g/mol. The summed E-state index contributed by atoms with van der Waals surface area (Å²) in [6.07, 6.45) is -0.215. The molecule has 0 aromatic heterocycles. The monoisotopic (exact) mass is 471 g/mol. The van der Waals surface area contributed by atoms with Crippen molar-refractivity contribution in [2.45, 2.75) is 37.2 Å². The summed E-state index contributed by atoms with van der Waals surface area (Å²) in [6.45, 7) is 2.40. The summed E-state index contributed by atoms with van der Waals surface area (Å²) < 4.78 is 5.53. The lowest BCUT2D eigenvalue weighted by molar-refractivity contribution is -0.181. The lowest BCUT2D eigenvalue weighted by Gasteiger charge is -2.58. The number of likely N-dealkylation sites (tertiary alicyclic amines) is 1. The summed E-state index contributed by atoms with van der Waals surface area (Å²) in [5.41, 5.74) is 1.33. The molecular formula is C28H29N3O4. The number of piperazine rings is 1. The Balaban J connectivity index is 1.27. The van der Waals surface area contributed by atoms with E-state index in [4.69, 9.17) is 4.74 Å². The van der Waals surface area contributed by atoms with E-state index in [9.17, 15) is 14.7 Å². The van der Waals surface area contributed by atoms with Gasteiger partial charge in [-0.1, -0.05) is 60.7 Å². The molecule has 3 aromatic rings. The number of rotatable bonds is 5. The van der Waals surface area contributed by atoms with Gasteiger partial charge in [0.25, 0.3) is 5.91 Å². The van der Waals surface area contributed by atoms with Gasteiger partial charge in [0.05, 0.1) is 25.8 Å². The molecule has 0 saturated carbocycles. The molecule has 3 saturated heterocycles. The standard InChI is InChI=1S/C28H29N3O4/c1-35-25-12-11-20(22-9-5-6-10-23(22)25)15-29-17-28(18-29)27(34)30(14-19-7-3-2-4-8-19)26(33)24-13-21(32)16-31(24)28/h2-12,21,24,32H,13-18H2,1H3/t21-,24+/m1/s1. The number of benzene rings is 3. The summed E-state index contributed by atoms with van der Waals surface area (Å²) in [6, 6.07) is 21.4. The summed E-state index contributed by atoms with van der Waals surface area (Å²) in [5.74, 6) is 0.504. The molecule has 2 atom stereocenters. The number of hydrogen-bond acceptors (Lipinski definition) is 6. The van der Waals surface area contributed by atoms with Crippen LogP contribution in [0.2, 0.25) is 0 Å². The van der Waals surface area contributed by atoms with Gasteiger partial charge in [-0.3, -0.25) is 24.3 Å². The zero-order valence-corrected chi connectivity index (χ0v) is 19.8. The Morgan fingerprint density at radius 2 is 1.66 bits per heavy atom. The van der Waals surface area contributed by atoms with Crippen LogP contribution in [0.5, 0.6) is 5.75 Å². The third-order valence-electron chi connectivity index (χ3n) is 7.77. The summed E-state index contributed by atoms with van der Waals surface area (Å²) >= 11 is 0. The van der Waals surface area contributed by atoms with Crippen LogP contribution >= 0.6 is 0 Å². The van der Waals surface area contributed by atoms with E-state index in [2.05, 4.69) is 23.1 Å². The first-order valence-corrected chi connectivity index (χ1v) is 12.1. The van der Waals surface area contributed by atoms with Crippen LogP contribution in [0.15, 0.2) is 66.7 Å². The lowest BCUT2D eigenvalue weighted by atomic mass is 9.82. The highest BCUT2D eigenvalue weighted by Gasteiger charge is 2.64. The van der Waals surface area contributed by atoms with Crippen molar-refractivity contribution in [1.29, 1.82) is 0 Å². The van der Waals surface area contributed by atoms with Gasteiger partial charge in [0, 0.05) is 31.6 Å². The lowest BCUT2D eigenvalue weighted by Crippen LogP contribution is -2.81. The number of carbonyl (C=O) groups is 2. The molecule has 0 unspecified atom stereocenters. The van der Waals surface area contributed by atoms with Crippen molar-refractivity contribution in [2.24, 2.45) is 0 Å². The van der Waals surface area contributed by atoms with Crippen molar-refractivity contribution in [3.63, 3.8) is 0 Å². The van der Waals surface area contributed by atoms with E-state index in [0.29, 0.717) is 32.6 Å². The van der Waals surface area contributed by atoms with Crippen molar-refractivity contribution in [2.75, 3.05) is 26.7 Å². The molecule has 35 heavy (non-hydrogen) atoms. The molecule has 0 aliphatic carbocycles. The van der Waals surface area contributed by atoms with Crippen LogP contribution < -0.4 is 4.74 Å². The molecule has 0 radical (unpaired) electrons. The molecule has 0 bridgehead atoms. The number of methoxy groups -OCH3 is 1. The Hall–Kier alpha value is -3.26. The second kappa shape index (κ2) is 8.45. The van der Waals surface area contributed by atoms with Crippen LogP contribution in [0.4, 0.5) is 0 Å². The Labute approximate surface area is 204 Å². The van der Waals surface area contributed by atoms with Crippen LogP contribution in [-0.2, 0) is 22.7 Å². The van der Waals surface area contributed by atoms with Crippen molar-refractivity contribution < 1.29 is 19.4 Å². The van der Waals surface area contributed by atoms with Gasteiger partial charge >= 0.3 is 0 Å². The minimum absolute atomic E-state index is 0.146. The molecule has 7 heteroatoms. The summed E-state index contributed by atoms with van der Waals surface area (Å²) in [5, 5.41) is 12.6. The second-order valence-electron chi connectivity index (χ2n) is 9.92. The minimum atomic E-state index is -0.771. The van der Waals surface area contributed by atoms with Crippen LogP contribution in [0.25, 0.3) is 10.8 Å². The molecule has 3 aliphatic rings. The van der Waals surface area contributed by atoms with E-state index < -0.39 is 17.7 Å². The molecule has 6 rings (SSSR count). The Morgan fingerprint density at radius 3 is 2.40 bits per heavy atom. The van der Waals surface area contributed by atoms with Gasteiger partial charge in [-0.2, -0.15) is 0 Å². The van der Waals surface area contributed by atoms with Crippen molar-refractivity contribution >= 4 is 22.6 Å². The fourth-order valence-electron chi connectivity index (χ4n) is 6.10. The number of aliphatic hydroxyl groups excluding tert-OH is 1. The number of ether oxygens (including phenoxy) is 1. The first-order chi connectivity index (χ1) is 17.0. The van der Waals surface area contributed by atoms with Crippen LogP contribution in [0.1, 0.15) is 17.5 Å². The number of carbonyl (C=O) groups excluding carboxylic acids is 2. The molecule has 3 fully saturated rings. The fraction of sp³-hybridized carbons (Fsp3) is 0.357. The zero-order valence-electron chi connectivity index (χ0n) is 19.8. The topological polar surface area (TPSA) is 73.3 Å². The van der Waals surface area contributed by atoms with Gasteiger partial charge in [0.1, 0.15) is 11.3 Å². The van der Waals surface area contributed by atoms with E-state index in [0.717, 1.165) is 22.1 Å². The van der Waals surface area contributed by atoms with Gasteiger partial charge in [0.15, 0.2) is 0 Å². The predicted molar refractivity (Wildman–Crippen MR) is 132 cm³/mol. The Kier molecular flexibility index (Phi) is 5.36. The maximum atomic E-state index is 13.8. The number of imide groups is 1. The van der Waals surface area contributed by atoms with Gasteiger partial charge in [0.2, 0.25) is 5.91 Å². The van der Waals surface area contributed by atoms with E-state index in [1.807, 2.05) is 53.4 Å². The quantitative estimate of drug-likeness (QED) is 0.577. The maximum absolute atomic E-state index is 13.8. The van der Waals surface area contributed by atoms with E-state index in [1.54, 1.807) is 7.11 Å². The van der Waals surface area contributed by atoms with Gasteiger partial charge in [-0.25, -0.2) is 0 Å². The first kappa shape index (κ1) is 22.2. The molecule has 7 nitrogen and oxygen atoms in total. The molecule has 3 aromatic carbocycles. The number of nitrogens with zero attached hydrogens (tertiary/aromatic N) is 3. The molecule has 3 heterocycles. The largest absolute Gasteiger partial charge is 0.496 e. The molecule has 180 valence electrons. The third kappa shape index (κ3) is 3.54. The third-order valence-corrected chi connectivity index (χ3v) is 7.77. The van der Waals surface area contributed by atoms with Crippen molar-refractivity contribution in [3.05, 3.63) is 77.9 Å². The molecule has 3 aliphatic heterocycles. The van der Waals surface area contributed by atoms with E-state index >= 15 is 0 Å². The normalized spacial score (nSPS) is 24.1. The Morgan fingerprint density at radius 1 is 0.943 bits per heavy atom. The van der Waals surface area contributed by atoms with Crippen LogP contribution in [-0.4, -0.2) is 76.0 Å². The number of fused-ring (bicyclic) bond motifs is 3.